The van der Waals surface area contributed by atoms with E-state index in [1.807, 2.05) is 12.1 Å². The molecule has 0 amide bonds. The molecule has 174 valence electrons. The molecule has 2 aliphatic rings. The molecule has 1 aromatic carbocycles. The zero-order chi connectivity index (χ0) is 22.7. The van der Waals surface area contributed by atoms with Gasteiger partial charge in [0.05, 0.1) is 35.6 Å². The number of hydrogen-bond acceptors (Lipinski definition) is 6. The van der Waals surface area contributed by atoms with Crippen LogP contribution in [0, 0.1) is 5.92 Å². The summed E-state index contributed by atoms with van der Waals surface area (Å²) in [5.74, 6) is 1.09. The van der Waals surface area contributed by atoms with Gasteiger partial charge in [0.1, 0.15) is 6.17 Å². The fourth-order valence-electron chi connectivity index (χ4n) is 5.12. The van der Waals surface area contributed by atoms with E-state index < -0.39 is 11.7 Å². The molecule has 4 unspecified atom stereocenters. The second-order valence-electron chi connectivity index (χ2n) is 8.71. The molecule has 1 saturated heterocycles. The molecule has 0 bridgehead atoms. The highest BCUT2D eigenvalue weighted by Crippen LogP contribution is 2.47. The number of nitrogens with zero attached hydrogens (tertiary/aromatic N) is 3. The van der Waals surface area contributed by atoms with Crippen molar-refractivity contribution >= 4 is 29.2 Å². The molecule has 4 atom stereocenters. The van der Waals surface area contributed by atoms with Crippen LogP contribution in [0.2, 0.25) is 10.0 Å². The summed E-state index contributed by atoms with van der Waals surface area (Å²) in [5, 5.41) is 7.68. The number of ether oxygens (including phenoxy) is 1. The first kappa shape index (κ1) is 23.5. The molecule has 1 saturated carbocycles. The zero-order valence-corrected chi connectivity index (χ0v) is 20.0. The van der Waals surface area contributed by atoms with Crippen LogP contribution in [0.15, 0.2) is 30.6 Å². The van der Waals surface area contributed by atoms with Crippen molar-refractivity contribution in [3.8, 4) is 5.75 Å². The number of halogens is 3. The summed E-state index contributed by atoms with van der Waals surface area (Å²) in [7, 11) is 1.56. The van der Waals surface area contributed by atoms with Gasteiger partial charge in [-0.2, -0.15) is 0 Å². The molecule has 2 N–H and O–H groups in total. The number of aromatic nitrogens is 2. The molecule has 6 nitrogen and oxygen atoms in total. The van der Waals surface area contributed by atoms with Gasteiger partial charge in [-0.1, -0.05) is 35.3 Å². The Morgan fingerprint density at radius 1 is 1.19 bits per heavy atom. The fourth-order valence-corrected chi connectivity index (χ4v) is 5.61. The van der Waals surface area contributed by atoms with Crippen LogP contribution in [-0.4, -0.2) is 60.4 Å². The monoisotopic (exact) mass is 481 g/mol. The molecule has 9 heteroatoms. The van der Waals surface area contributed by atoms with E-state index in [0.717, 1.165) is 38.2 Å². The Bertz CT molecular complexity index is 912. The van der Waals surface area contributed by atoms with Gasteiger partial charge < -0.3 is 15.4 Å². The summed E-state index contributed by atoms with van der Waals surface area (Å²) in [6, 6.07) is 5.45. The maximum Gasteiger partial charge on any atom is 0.223 e. The minimum Gasteiger partial charge on any atom is -0.494 e. The Labute approximate surface area is 198 Å². The molecule has 1 aliphatic heterocycles. The van der Waals surface area contributed by atoms with Gasteiger partial charge in [0.2, 0.25) is 5.95 Å². The van der Waals surface area contributed by atoms with Crippen LogP contribution in [0.5, 0.6) is 5.75 Å². The summed E-state index contributed by atoms with van der Waals surface area (Å²) in [5.41, 5.74) is 0.575. The van der Waals surface area contributed by atoms with Gasteiger partial charge >= 0.3 is 0 Å². The van der Waals surface area contributed by atoms with Crippen molar-refractivity contribution in [2.45, 2.75) is 43.9 Å². The molecule has 2 heterocycles. The van der Waals surface area contributed by atoms with Crippen molar-refractivity contribution in [2.24, 2.45) is 5.92 Å². The normalized spacial score (nSPS) is 26.3. The van der Waals surface area contributed by atoms with E-state index in [1.54, 1.807) is 25.6 Å². The van der Waals surface area contributed by atoms with Gasteiger partial charge in [-0.3, -0.25) is 4.90 Å². The van der Waals surface area contributed by atoms with E-state index in [-0.39, 0.29) is 12.0 Å². The third-order valence-corrected chi connectivity index (χ3v) is 7.84. The number of anilines is 1. The minimum atomic E-state index is -1.03. The van der Waals surface area contributed by atoms with Crippen LogP contribution in [-0.2, 0) is 5.54 Å². The predicted molar refractivity (Wildman–Crippen MR) is 126 cm³/mol. The highest BCUT2D eigenvalue weighted by molar-refractivity contribution is 6.42. The molecule has 2 aromatic rings. The molecule has 0 spiro atoms. The molecular formula is C23H30Cl2FN5O. The largest absolute Gasteiger partial charge is 0.494 e. The number of nitrogens with one attached hydrogen (secondary N) is 2. The predicted octanol–water partition coefficient (Wildman–Crippen LogP) is 4.53. The first-order valence-corrected chi connectivity index (χ1v) is 11.9. The smallest absolute Gasteiger partial charge is 0.223 e. The van der Waals surface area contributed by atoms with Gasteiger partial charge in [-0.05, 0) is 43.7 Å². The van der Waals surface area contributed by atoms with Crippen molar-refractivity contribution in [1.82, 2.24) is 20.2 Å². The molecule has 1 aliphatic carbocycles. The molecule has 0 radical (unpaired) electrons. The van der Waals surface area contributed by atoms with Crippen molar-refractivity contribution in [3.63, 3.8) is 0 Å². The van der Waals surface area contributed by atoms with Crippen LogP contribution in [0.25, 0.3) is 0 Å². The highest BCUT2D eigenvalue weighted by Gasteiger charge is 2.46. The van der Waals surface area contributed by atoms with Gasteiger partial charge in [-0.25, -0.2) is 14.4 Å². The molecule has 32 heavy (non-hydrogen) atoms. The Kier molecular flexibility index (Phi) is 7.40. The van der Waals surface area contributed by atoms with Crippen molar-refractivity contribution in [2.75, 3.05) is 38.6 Å². The van der Waals surface area contributed by atoms with Gasteiger partial charge in [0.15, 0.2) is 5.75 Å². The summed E-state index contributed by atoms with van der Waals surface area (Å²) in [4.78, 5) is 10.9. The number of rotatable bonds is 6. The topological polar surface area (TPSA) is 62.3 Å². The van der Waals surface area contributed by atoms with E-state index in [1.165, 1.54) is 0 Å². The molecule has 1 aromatic heterocycles. The zero-order valence-electron chi connectivity index (χ0n) is 18.5. The molecule has 2 fully saturated rings. The first-order chi connectivity index (χ1) is 15.4. The lowest BCUT2D eigenvalue weighted by molar-refractivity contribution is -0.00136. The van der Waals surface area contributed by atoms with E-state index >= 15 is 4.39 Å². The molecular weight excluding hydrogens is 452 g/mol. The lowest BCUT2D eigenvalue weighted by Gasteiger charge is -2.51. The lowest BCUT2D eigenvalue weighted by Crippen LogP contribution is -2.58. The number of hydrogen-bond donors (Lipinski definition) is 2. The number of methoxy groups -OCH3 is 1. The summed E-state index contributed by atoms with van der Waals surface area (Å²) < 4.78 is 20.6. The Balaban J connectivity index is 1.55. The van der Waals surface area contributed by atoms with E-state index in [2.05, 4.69) is 32.4 Å². The second kappa shape index (κ2) is 10.1. The van der Waals surface area contributed by atoms with Crippen molar-refractivity contribution < 1.29 is 9.13 Å². The fraction of sp³-hybridized carbons (Fsp3) is 0.565. The third-order valence-electron chi connectivity index (χ3n) is 7.02. The summed E-state index contributed by atoms with van der Waals surface area (Å²) in [6.07, 6.45) is 4.10. The van der Waals surface area contributed by atoms with E-state index in [9.17, 15) is 0 Å². The van der Waals surface area contributed by atoms with Crippen LogP contribution >= 0.6 is 23.2 Å². The first-order valence-electron chi connectivity index (χ1n) is 11.1. The van der Waals surface area contributed by atoms with E-state index in [0.29, 0.717) is 34.6 Å². The standard InChI is InChI=1S/C23H30Cl2FN5O/c1-23(31-10-8-27-9-11-31,17-4-3-5-18(24)21(17)25)15-6-7-20(19(26)12-15)30-22-28-13-16(32-2)14-29-22/h3-5,13-15,19-20,27H,6-12H2,1-2H3,(H,28,29,30). The maximum atomic E-state index is 15.5. The van der Waals surface area contributed by atoms with Crippen molar-refractivity contribution in [3.05, 3.63) is 46.2 Å². The van der Waals surface area contributed by atoms with Gasteiger partial charge in [-0.15, -0.1) is 0 Å². The Morgan fingerprint density at radius 2 is 1.91 bits per heavy atom. The number of benzene rings is 1. The quantitative estimate of drug-likeness (QED) is 0.631. The van der Waals surface area contributed by atoms with Crippen LogP contribution in [0.3, 0.4) is 0 Å². The minimum absolute atomic E-state index is 0.0985. The van der Waals surface area contributed by atoms with Gasteiger partial charge in [0, 0.05) is 31.7 Å². The highest BCUT2D eigenvalue weighted by atomic mass is 35.5. The van der Waals surface area contributed by atoms with Crippen LogP contribution < -0.4 is 15.4 Å². The number of piperazine rings is 1. The SMILES string of the molecule is COc1cnc(NC2CCC(C(C)(c3cccc(Cl)c3Cl)N3CCNCC3)CC2F)nc1. The van der Waals surface area contributed by atoms with Crippen LogP contribution in [0.4, 0.5) is 10.3 Å². The van der Waals surface area contributed by atoms with Crippen LogP contribution in [0.1, 0.15) is 31.7 Å². The average Bonchev–Trinajstić information content (AvgIpc) is 2.82. The van der Waals surface area contributed by atoms with Gasteiger partial charge in [0.25, 0.3) is 0 Å². The summed E-state index contributed by atoms with van der Waals surface area (Å²) in [6.45, 7) is 5.77. The Hall–Kier alpha value is -1.67. The number of alkyl halides is 1. The van der Waals surface area contributed by atoms with Crippen molar-refractivity contribution in [1.29, 1.82) is 0 Å². The van der Waals surface area contributed by atoms with E-state index in [4.69, 9.17) is 27.9 Å². The molecule has 4 rings (SSSR count). The average molecular weight is 482 g/mol. The second-order valence-corrected chi connectivity index (χ2v) is 9.49. The maximum absolute atomic E-state index is 15.5. The third kappa shape index (κ3) is 4.67. The Morgan fingerprint density at radius 3 is 2.56 bits per heavy atom. The lowest BCUT2D eigenvalue weighted by atomic mass is 9.69. The summed E-state index contributed by atoms with van der Waals surface area (Å²) >= 11 is 13.1.